The maximum Gasteiger partial charge on any atom is 0.258 e. The van der Waals surface area contributed by atoms with Crippen molar-refractivity contribution in [1.82, 2.24) is 9.88 Å². The van der Waals surface area contributed by atoms with Crippen molar-refractivity contribution in [2.75, 3.05) is 5.32 Å². The van der Waals surface area contributed by atoms with E-state index in [-0.39, 0.29) is 12.1 Å². The summed E-state index contributed by atoms with van der Waals surface area (Å²) in [6.07, 6.45) is 1.43. The lowest BCUT2D eigenvalue weighted by atomic mass is 10.2. The normalized spacial score (nSPS) is 16.2. The molecule has 0 saturated heterocycles. The van der Waals surface area contributed by atoms with Crippen molar-refractivity contribution in [2.24, 2.45) is 0 Å². The van der Waals surface area contributed by atoms with Gasteiger partial charge in [-0.3, -0.25) is 9.78 Å². The number of nitrogens with zero attached hydrogens (tertiary/aromatic N) is 2. The molecule has 3 heterocycles. The molecular formula is C18H13Br2N3OS. The van der Waals surface area contributed by atoms with E-state index in [2.05, 4.69) is 42.2 Å². The van der Waals surface area contributed by atoms with E-state index in [4.69, 9.17) is 0 Å². The summed E-state index contributed by atoms with van der Waals surface area (Å²) in [7, 11) is 0. The van der Waals surface area contributed by atoms with Gasteiger partial charge >= 0.3 is 0 Å². The molecule has 2 aromatic heterocycles. The maximum atomic E-state index is 12.9. The molecule has 4 rings (SSSR count). The van der Waals surface area contributed by atoms with Crippen LogP contribution in [0.5, 0.6) is 0 Å². The van der Waals surface area contributed by atoms with Crippen molar-refractivity contribution in [2.45, 2.75) is 12.7 Å². The number of benzene rings is 1. The van der Waals surface area contributed by atoms with E-state index in [0.717, 1.165) is 25.2 Å². The van der Waals surface area contributed by atoms with Gasteiger partial charge in [0.1, 0.15) is 6.17 Å². The number of carbonyl (C=O) groups is 1. The fraction of sp³-hybridized carbons (Fsp3) is 0.111. The Bertz CT molecular complexity index is 930. The first-order valence-electron chi connectivity index (χ1n) is 7.63. The molecule has 1 amide bonds. The number of pyridine rings is 1. The van der Waals surface area contributed by atoms with E-state index in [1.54, 1.807) is 23.6 Å². The van der Waals surface area contributed by atoms with E-state index < -0.39 is 0 Å². The number of thiophene rings is 1. The molecule has 4 nitrogen and oxygen atoms in total. The van der Waals surface area contributed by atoms with Crippen LogP contribution in [0.4, 0.5) is 5.69 Å². The lowest BCUT2D eigenvalue weighted by Gasteiger charge is -2.26. The first-order valence-corrected chi connectivity index (χ1v) is 10.1. The van der Waals surface area contributed by atoms with Gasteiger partial charge in [0.2, 0.25) is 0 Å². The van der Waals surface area contributed by atoms with Gasteiger partial charge in [0.15, 0.2) is 0 Å². The third-order valence-electron chi connectivity index (χ3n) is 4.03. The van der Waals surface area contributed by atoms with Crippen LogP contribution >= 0.6 is 43.2 Å². The van der Waals surface area contributed by atoms with Crippen LogP contribution in [-0.2, 0) is 6.54 Å². The zero-order valence-corrected chi connectivity index (χ0v) is 16.9. The van der Waals surface area contributed by atoms with Crippen LogP contribution in [0.1, 0.15) is 27.1 Å². The van der Waals surface area contributed by atoms with Crippen LogP contribution in [0.2, 0.25) is 0 Å². The molecular weight excluding hydrogens is 466 g/mol. The lowest BCUT2D eigenvalue weighted by molar-refractivity contribution is 0.0729. The Morgan fingerprint density at radius 3 is 2.84 bits per heavy atom. The van der Waals surface area contributed by atoms with Crippen molar-refractivity contribution in [3.63, 3.8) is 0 Å². The zero-order chi connectivity index (χ0) is 17.4. The van der Waals surface area contributed by atoms with E-state index in [1.165, 1.54) is 0 Å². The number of fused-ring (bicyclic) bond motifs is 1. The largest absolute Gasteiger partial charge is 0.359 e. The minimum Gasteiger partial charge on any atom is -0.359 e. The summed E-state index contributed by atoms with van der Waals surface area (Å²) < 4.78 is 1.91. The molecule has 25 heavy (non-hydrogen) atoms. The fourth-order valence-corrected chi connectivity index (χ4v) is 4.73. The summed E-state index contributed by atoms with van der Waals surface area (Å²) in [6.45, 7) is 0.554. The number of hydrogen-bond donors (Lipinski definition) is 1. The number of rotatable bonds is 4. The number of hydrogen-bond acceptors (Lipinski definition) is 4. The van der Waals surface area contributed by atoms with E-state index in [9.17, 15) is 4.79 Å². The molecule has 1 aliphatic rings. The van der Waals surface area contributed by atoms with Crippen LogP contribution < -0.4 is 5.32 Å². The Kier molecular flexibility index (Phi) is 4.62. The summed E-state index contributed by atoms with van der Waals surface area (Å²) in [5.41, 5.74) is 2.33. The minimum atomic E-state index is -0.303. The van der Waals surface area contributed by atoms with E-state index in [0.29, 0.717) is 12.1 Å². The van der Waals surface area contributed by atoms with E-state index >= 15 is 0 Å². The Morgan fingerprint density at radius 1 is 1.20 bits per heavy atom. The van der Waals surface area contributed by atoms with Crippen molar-refractivity contribution < 1.29 is 4.79 Å². The summed E-state index contributed by atoms with van der Waals surface area (Å²) >= 11 is 8.68. The molecule has 126 valence electrons. The van der Waals surface area contributed by atoms with Crippen LogP contribution in [0, 0.1) is 0 Å². The van der Waals surface area contributed by atoms with Gasteiger partial charge in [-0.15, -0.1) is 11.3 Å². The number of halogens is 2. The SMILES string of the molecule is O=C1c2cccnc2[C@H](Nc2ccc(Br)cc2Br)N1Cc1cccs1. The smallest absolute Gasteiger partial charge is 0.258 e. The molecule has 0 aliphatic carbocycles. The van der Waals surface area contributed by atoms with Crippen LogP contribution in [0.15, 0.2) is 63.0 Å². The average molecular weight is 479 g/mol. The molecule has 7 heteroatoms. The molecule has 0 bridgehead atoms. The molecule has 0 saturated carbocycles. The highest BCUT2D eigenvalue weighted by Gasteiger charge is 2.38. The number of aromatic nitrogens is 1. The fourth-order valence-electron chi connectivity index (χ4n) is 2.87. The van der Waals surface area contributed by atoms with Gasteiger partial charge in [0.25, 0.3) is 5.91 Å². The van der Waals surface area contributed by atoms with Crippen molar-refractivity contribution in [1.29, 1.82) is 0 Å². The maximum absolute atomic E-state index is 12.9. The topological polar surface area (TPSA) is 45.2 Å². The predicted octanol–water partition coefficient (Wildman–Crippen LogP) is 5.43. The van der Waals surface area contributed by atoms with Gasteiger partial charge in [-0.05, 0) is 57.7 Å². The summed E-state index contributed by atoms with van der Waals surface area (Å²) in [4.78, 5) is 20.3. The molecule has 1 aromatic carbocycles. The second kappa shape index (κ2) is 6.90. The van der Waals surface area contributed by atoms with E-state index in [1.807, 2.05) is 46.7 Å². The number of carbonyl (C=O) groups excluding carboxylic acids is 1. The highest BCUT2D eigenvalue weighted by atomic mass is 79.9. The Morgan fingerprint density at radius 2 is 2.08 bits per heavy atom. The molecule has 0 unspecified atom stereocenters. The third kappa shape index (κ3) is 3.23. The second-order valence-electron chi connectivity index (χ2n) is 5.62. The molecule has 3 aromatic rings. The van der Waals surface area contributed by atoms with Gasteiger partial charge in [0, 0.05) is 20.0 Å². The van der Waals surface area contributed by atoms with Crippen LogP contribution in [0.25, 0.3) is 0 Å². The summed E-state index contributed by atoms with van der Waals surface area (Å²) in [5.74, 6) is 0.00207. The summed E-state index contributed by atoms with van der Waals surface area (Å²) in [5, 5.41) is 5.49. The Balaban J connectivity index is 1.71. The quantitative estimate of drug-likeness (QED) is 0.543. The summed E-state index contributed by atoms with van der Waals surface area (Å²) in [6, 6.07) is 13.6. The van der Waals surface area contributed by atoms with Crippen molar-refractivity contribution in [3.8, 4) is 0 Å². The number of amides is 1. The van der Waals surface area contributed by atoms with Gasteiger partial charge in [-0.2, -0.15) is 0 Å². The number of anilines is 1. The zero-order valence-electron chi connectivity index (χ0n) is 12.9. The highest BCUT2D eigenvalue weighted by Crippen LogP contribution is 2.37. The second-order valence-corrected chi connectivity index (χ2v) is 8.42. The first-order chi connectivity index (χ1) is 12.1. The van der Waals surface area contributed by atoms with Crippen LogP contribution in [0.3, 0.4) is 0 Å². The number of nitrogens with one attached hydrogen (secondary N) is 1. The average Bonchev–Trinajstić information content (AvgIpc) is 3.20. The molecule has 1 aliphatic heterocycles. The van der Waals surface area contributed by atoms with Gasteiger partial charge in [-0.25, -0.2) is 0 Å². The highest BCUT2D eigenvalue weighted by molar-refractivity contribution is 9.11. The van der Waals surface area contributed by atoms with Gasteiger partial charge in [0.05, 0.1) is 23.5 Å². The van der Waals surface area contributed by atoms with Crippen molar-refractivity contribution >= 4 is 54.8 Å². The molecule has 0 radical (unpaired) electrons. The van der Waals surface area contributed by atoms with Gasteiger partial charge in [-0.1, -0.05) is 22.0 Å². The molecule has 1 N–H and O–H groups in total. The van der Waals surface area contributed by atoms with Gasteiger partial charge < -0.3 is 10.2 Å². The third-order valence-corrected chi connectivity index (χ3v) is 6.04. The Hall–Kier alpha value is -1.70. The van der Waals surface area contributed by atoms with Crippen molar-refractivity contribution in [3.05, 3.63) is 79.1 Å². The minimum absolute atomic E-state index is 0.00207. The van der Waals surface area contributed by atoms with Crippen LogP contribution in [-0.4, -0.2) is 15.8 Å². The molecule has 0 spiro atoms. The lowest BCUT2D eigenvalue weighted by Crippen LogP contribution is -2.31. The monoisotopic (exact) mass is 477 g/mol. The predicted molar refractivity (Wildman–Crippen MR) is 107 cm³/mol. The standard InChI is InChI=1S/C18H13Br2N3OS/c19-11-5-6-15(14(20)9-11)22-17-16-13(4-1-7-21-16)18(24)23(17)10-12-3-2-8-25-12/h1-9,17,22H,10H2/t17-/m1/s1. The Labute approximate surface area is 166 Å². The first kappa shape index (κ1) is 16.8. The molecule has 0 fully saturated rings. The molecule has 1 atom stereocenters.